The third-order valence-electron chi connectivity index (χ3n) is 3.55. The summed E-state index contributed by atoms with van der Waals surface area (Å²) in [4.78, 5) is 4.32. The molecule has 0 saturated heterocycles. The maximum Gasteiger partial charge on any atom is 0.138 e. The van der Waals surface area contributed by atoms with E-state index in [1.165, 1.54) is 19.3 Å². The number of nitrogens with zero attached hydrogens (tertiary/aromatic N) is 1. The monoisotopic (exact) mass is 234 g/mol. The van der Waals surface area contributed by atoms with Crippen molar-refractivity contribution in [2.24, 2.45) is 11.7 Å². The van der Waals surface area contributed by atoms with Crippen LogP contribution in [0, 0.1) is 5.92 Å². The number of hydrogen-bond donors (Lipinski definition) is 1. The molecule has 0 bridgehead atoms. The van der Waals surface area contributed by atoms with Crippen LogP contribution in [0.4, 0.5) is 0 Å². The van der Waals surface area contributed by atoms with Gasteiger partial charge >= 0.3 is 0 Å². The molecule has 3 heteroatoms. The highest BCUT2D eigenvalue weighted by Gasteiger charge is 2.22. The fourth-order valence-corrected chi connectivity index (χ4v) is 2.36. The van der Waals surface area contributed by atoms with Gasteiger partial charge < -0.3 is 10.5 Å². The van der Waals surface area contributed by atoms with Gasteiger partial charge in [0.25, 0.3) is 0 Å². The number of pyridine rings is 1. The molecule has 0 spiro atoms. The van der Waals surface area contributed by atoms with E-state index in [1.807, 2.05) is 19.1 Å². The topological polar surface area (TPSA) is 48.1 Å². The predicted molar refractivity (Wildman–Crippen MR) is 68.9 cm³/mol. The van der Waals surface area contributed by atoms with Crippen molar-refractivity contribution < 1.29 is 4.74 Å². The van der Waals surface area contributed by atoms with Gasteiger partial charge in [-0.15, -0.1) is 0 Å². The minimum Gasteiger partial charge on any atom is -0.489 e. The van der Waals surface area contributed by atoms with Gasteiger partial charge in [-0.2, -0.15) is 0 Å². The highest BCUT2D eigenvalue weighted by molar-refractivity contribution is 5.21. The summed E-state index contributed by atoms with van der Waals surface area (Å²) in [5.41, 5.74) is 6.68. The van der Waals surface area contributed by atoms with Gasteiger partial charge in [-0.25, -0.2) is 0 Å². The first-order chi connectivity index (χ1) is 8.16. The fourth-order valence-electron chi connectivity index (χ4n) is 2.36. The van der Waals surface area contributed by atoms with E-state index < -0.39 is 0 Å². The molecule has 1 aromatic heterocycles. The Bertz CT molecular complexity index is 348. The van der Waals surface area contributed by atoms with E-state index in [2.05, 4.69) is 11.9 Å². The van der Waals surface area contributed by atoms with Crippen LogP contribution < -0.4 is 10.5 Å². The standard InChI is InChI=1S/C14H22N2O/c1-10-5-3-4-6-14(10)17-12-7-8-13(11(2)15)16-9-12/h7-11,14H,3-6,15H2,1-2H3/t10?,11-,14?/m1/s1. The molecule has 3 nitrogen and oxygen atoms in total. The van der Waals surface area contributed by atoms with Crippen molar-refractivity contribution in [2.75, 3.05) is 0 Å². The molecule has 2 unspecified atom stereocenters. The van der Waals surface area contributed by atoms with E-state index in [4.69, 9.17) is 10.5 Å². The van der Waals surface area contributed by atoms with Crippen LogP contribution in [0.15, 0.2) is 18.3 Å². The Labute approximate surface area is 103 Å². The summed E-state index contributed by atoms with van der Waals surface area (Å²) in [6, 6.07) is 3.92. The van der Waals surface area contributed by atoms with E-state index in [9.17, 15) is 0 Å². The Morgan fingerprint density at radius 1 is 1.35 bits per heavy atom. The summed E-state index contributed by atoms with van der Waals surface area (Å²) in [5.74, 6) is 1.52. The van der Waals surface area contributed by atoms with Crippen LogP contribution in [-0.2, 0) is 0 Å². The van der Waals surface area contributed by atoms with Gasteiger partial charge in [0, 0.05) is 6.04 Å². The molecule has 2 N–H and O–H groups in total. The van der Waals surface area contributed by atoms with Crippen LogP contribution in [0.2, 0.25) is 0 Å². The molecule has 1 aromatic rings. The average Bonchev–Trinajstić information content (AvgIpc) is 2.33. The van der Waals surface area contributed by atoms with Crippen LogP contribution in [0.25, 0.3) is 0 Å². The maximum atomic E-state index is 6.00. The van der Waals surface area contributed by atoms with Crippen molar-refractivity contribution in [3.63, 3.8) is 0 Å². The Hall–Kier alpha value is -1.09. The molecular formula is C14H22N2O. The smallest absolute Gasteiger partial charge is 0.138 e. The lowest BCUT2D eigenvalue weighted by Crippen LogP contribution is -2.28. The van der Waals surface area contributed by atoms with Crippen LogP contribution in [-0.4, -0.2) is 11.1 Å². The zero-order chi connectivity index (χ0) is 12.3. The lowest BCUT2D eigenvalue weighted by Gasteiger charge is -2.29. The second kappa shape index (κ2) is 5.50. The number of rotatable bonds is 3. The third kappa shape index (κ3) is 3.19. The predicted octanol–water partition coefficient (Wildman–Crippen LogP) is 3.06. The summed E-state index contributed by atoms with van der Waals surface area (Å²) in [6.45, 7) is 4.21. The molecule has 1 saturated carbocycles. The molecular weight excluding hydrogens is 212 g/mol. The zero-order valence-electron chi connectivity index (χ0n) is 10.7. The first-order valence-corrected chi connectivity index (χ1v) is 6.55. The van der Waals surface area contributed by atoms with Gasteiger partial charge in [0.2, 0.25) is 0 Å². The second-order valence-electron chi connectivity index (χ2n) is 5.13. The van der Waals surface area contributed by atoms with Gasteiger partial charge in [-0.1, -0.05) is 13.3 Å². The summed E-state index contributed by atoms with van der Waals surface area (Å²) >= 11 is 0. The maximum absolute atomic E-state index is 6.00. The molecule has 2 rings (SSSR count). The summed E-state index contributed by atoms with van der Waals surface area (Å²) in [7, 11) is 0. The minimum atomic E-state index is -0.0161. The average molecular weight is 234 g/mol. The normalized spacial score (nSPS) is 26.5. The Balaban J connectivity index is 1.98. The Morgan fingerprint density at radius 2 is 2.12 bits per heavy atom. The summed E-state index contributed by atoms with van der Waals surface area (Å²) < 4.78 is 6.00. The van der Waals surface area contributed by atoms with Gasteiger partial charge in [-0.3, -0.25) is 4.98 Å². The van der Waals surface area contributed by atoms with E-state index in [0.717, 1.165) is 17.9 Å². The number of aromatic nitrogens is 1. The molecule has 1 fully saturated rings. The molecule has 1 aliphatic rings. The number of hydrogen-bond acceptors (Lipinski definition) is 3. The second-order valence-corrected chi connectivity index (χ2v) is 5.13. The van der Waals surface area contributed by atoms with Crippen molar-refractivity contribution in [1.82, 2.24) is 4.98 Å². The largest absolute Gasteiger partial charge is 0.489 e. The quantitative estimate of drug-likeness (QED) is 0.874. The molecule has 0 aliphatic heterocycles. The Morgan fingerprint density at radius 3 is 2.71 bits per heavy atom. The Kier molecular flexibility index (Phi) is 4.00. The van der Waals surface area contributed by atoms with Crippen LogP contribution in [0.3, 0.4) is 0 Å². The number of nitrogens with two attached hydrogens (primary N) is 1. The molecule has 94 valence electrons. The van der Waals surface area contributed by atoms with Crippen molar-refractivity contribution in [1.29, 1.82) is 0 Å². The first kappa shape index (κ1) is 12.4. The SMILES string of the molecule is CC1CCCCC1Oc1ccc([C@@H](C)N)nc1. The molecule has 3 atom stereocenters. The van der Waals surface area contributed by atoms with Crippen LogP contribution >= 0.6 is 0 Å². The number of ether oxygens (including phenoxy) is 1. The van der Waals surface area contributed by atoms with Crippen molar-refractivity contribution in [2.45, 2.75) is 51.7 Å². The third-order valence-corrected chi connectivity index (χ3v) is 3.55. The van der Waals surface area contributed by atoms with Gasteiger partial charge in [0.1, 0.15) is 11.9 Å². The van der Waals surface area contributed by atoms with Crippen LogP contribution in [0.5, 0.6) is 5.75 Å². The van der Waals surface area contributed by atoms with Crippen molar-refractivity contribution >= 4 is 0 Å². The lowest BCUT2D eigenvalue weighted by atomic mass is 9.88. The molecule has 17 heavy (non-hydrogen) atoms. The van der Waals surface area contributed by atoms with E-state index in [1.54, 1.807) is 6.20 Å². The van der Waals surface area contributed by atoms with E-state index in [0.29, 0.717) is 12.0 Å². The first-order valence-electron chi connectivity index (χ1n) is 6.55. The zero-order valence-corrected chi connectivity index (χ0v) is 10.7. The highest BCUT2D eigenvalue weighted by atomic mass is 16.5. The molecule has 0 aromatic carbocycles. The van der Waals surface area contributed by atoms with Gasteiger partial charge in [0.15, 0.2) is 0 Å². The van der Waals surface area contributed by atoms with E-state index >= 15 is 0 Å². The van der Waals surface area contributed by atoms with Crippen molar-refractivity contribution in [3.8, 4) is 5.75 Å². The van der Waals surface area contributed by atoms with Crippen molar-refractivity contribution in [3.05, 3.63) is 24.0 Å². The molecule has 0 radical (unpaired) electrons. The molecule has 1 aliphatic carbocycles. The molecule has 0 amide bonds. The van der Waals surface area contributed by atoms with E-state index in [-0.39, 0.29) is 6.04 Å². The highest BCUT2D eigenvalue weighted by Crippen LogP contribution is 2.27. The van der Waals surface area contributed by atoms with Gasteiger partial charge in [0.05, 0.1) is 11.9 Å². The lowest BCUT2D eigenvalue weighted by molar-refractivity contribution is 0.102. The van der Waals surface area contributed by atoms with Crippen LogP contribution in [0.1, 0.15) is 51.3 Å². The fraction of sp³-hybridized carbons (Fsp3) is 0.643. The summed E-state index contributed by atoms with van der Waals surface area (Å²) in [6.07, 6.45) is 7.20. The summed E-state index contributed by atoms with van der Waals surface area (Å²) in [5, 5.41) is 0. The molecule has 1 heterocycles. The minimum absolute atomic E-state index is 0.0161. The van der Waals surface area contributed by atoms with Gasteiger partial charge in [-0.05, 0) is 44.2 Å².